The van der Waals surface area contributed by atoms with Crippen LogP contribution in [-0.2, 0) is 19.5 Å². The van der Waals surface area contributed by atoms with Gasteiger partial charge >= 0.3 is 0 Å². The number of rotatable bonds is 4. The number of aryl methyl sites for hydroxylation is 1. The fourth-order valence-electron chi connectivity index (χ4n) is 4.48. The molecule has 0 saturated carbocycles. The van der Waals surface area contributed by atoms with Gasteiger partial charge in [-0.2, -0.15) is 0 Å². The monoisotopic (exact) mass is 390 g/mol. The van der Waals surface area contributed by atoms with Crippen molar-refractivity contribution in [3.05, 3.63) is 88.6 Å². The Bertz CT molecular complexity index is 1130. The molecule has 0 saturated heterocycles. The lowest BCUT2D eigenvalue weighted by Gasteiger charge is -2.36. The van der Waals surface area contributed by atoms with Crippen molar-refractivity contribution < 1.29 is 0 Å². The quantitative estimate of drug-likeness (QED) is 0.521. The van der Waals surface area contributed by atoms with Crippen LogP contribution in [-0.4, -0.2) is 26.0 Å². The predicted molar refractivity (Wildman–Crippen MR) is 114 cm³/mol. The summed E-state index contributed by atoms with van der Waals surface area (Å²) in [7, 11) is 0. The van der Waals surface area contributed by atoms with Crippen molar-refractivity contribution in [2.75, 3.05) is 6.54 Å². The molecule has 5 rings (SSSR count). The second kappa shape index (κ2) is 7.12. The standard InChI is InChI=1S/C23H23ClN4/c1-2-27-13-11-25-21(27)15-28-12-10-19-18-8-3-4-9-20(18)26-22(19)23(28)16-6-5-7-17(24)14-16/h3-9,11,13-14,23,26H,2,10,12,15H2,1H3. The highest BCUT2D eigenvalue weighted by molar-refractivity contribution is 6.30. The van der Waals surface area contributed by atoms with Crippen LogP contribution in [0.2, 0.25) is 5.02 Å². The van der Waals surface area contributed by atoms with Crippen LogP contribution in [0.1, 0.15) is 35.6 Å². The number of halogens is 1. The first-order valence-electron chi connectivity index (χ1n) is 9.83. The number of aromatic amines is 1. The summed E-state index contributed by atoms with van der Waals surface area (Å²) in [5, 5.41) is 2.11. The van der Waals surface area contributed by atoms with Crippen LogP contribution < -0.4 is 0 Å². The number of nitrogens with zero attached hydrogens (tertiary/aromatic N) is 3. The number of hydrogen-bond donors (Lipinski definition) is 1. The Labute approximate surface area is 169 Å². The van der Waals surface area contributed by atoms with Gasteiger partial charge in [0.25, 0.3) is 0 Å². The van der Waals surface area contributed by atoms with Crippen LogP contribution >= 0.6 is 11.6 Å². The third kappa shape index (κ3) is 2.93. The van der Waals surface area contributed by atoms with Gasteiger partial charge < -0.3 is 9.55 Å². The van der Waals surface area contributed by atoms with Gasteiger partial charge in [-0.25, -0.2) is 4.98 Å². The van der Waals surface area contributed by atoms with E-state index in [0.717, 1.165) is 36.9 Å². The molecule has 5 heteroatoms. The molecule has 0 radical (unpaired) electrons. The summed E-state index contributed by atoms with van der Waals surface area (Å²) >= 11 is 6.36. The van der Waals surface area contributed by atoms with Crippen molar-refractivity contribution in [2.24, 2.45) is 0 Å². The van der Waals surface area contributed by atoms with Crippen molar-refractivity contribution in [3.8, 4) is 0 Å². The van der Waals surface area contributed by atoms with Gasteiger partial charge in [0.15, 0.2) is 0 Å². The Morgan fingerprint density at radius 2 is 2.07 bits per heavy atom. The minimum absolute atomic E-state index is 0.136. The lowest BCUT2D eigenvalue weighted by Crippen LogP contribution is -2.36. The maximum absolute atomic E-state index is 6.36. The molecule has 28 heavy (non-hydrogen) atoms. The normalized spacial score (nSPS) is 17.1. The first-order chi connectivity index (χ1) is 13.7. The van der Waals surface area contributed by atoms with E-state index >= 15 is 0 Å². The van der Waals surface area contributed by atoms with Gasteiger partial charge in [-0.15, -0.1) is 0 Å². The summed E-state index contributed by atoms with van der Waals surface area (Å²) in [6.07, 6.45) is 4.98. The minimum Gasteiger partial charge on any atom is -0.357 e. The molecule has 0 spiro atoms. The summed E-state index contributed by atoms with van der Waals surface area (Å²) in [6.45, 7) is 4.89. The van der Waals surface area contributed by atoms with Gasteiger partial charge in [-0.1, -0.05) is 41.9 Å². The highest BCUT2D eigenvalue weighted by Crippen LogP contribution is 2.39. The molecule has 1 aliphatic rings. The zero-order valence-electron chi connectivity index (χ0n) is 15.9. The molecule has 0 bridgehead atoms. The second-order valence-electron chi connectivity index (χ2n) is 7.37. The third-order valence-corrected chi connectivity index (χ3v) is 6.02. The average molecular weight is 391 g/mol. The Balaban J connectivity index is 1.63. The molecular formula is C23H23ClN4. The van der Waals surface area contributed by atoms with Gasteiger partial charge in [-0.05, 0) is 42.7 Å². The van der Waals surface area contributed by atoms with Gasteiger partial charge in [0.1, 0.15) is 5.82 Å². The van der Waals surface area contributed by atoms with Crippen LogP contribution in [0.4, 0.5) is 0 Å². The highest BCUT2D eigenvalue weighted by Gasteiger charge is 2.32. The fourth-order valence-corrected chi connectivity index (χ4v) is 4.68. The maximum Gasteiger partial charge on any atom is 0.122 e. The molecule has 0 aliphatic carbocycles. The molecule has 1 aliphatic heterocycles. The first-order valence-corrected chi connectivity index (χ1v) is 10.2. The zero-order chi connectivity index (χ0) is 19.1. The molecule has 2 aromatic heterocycles. The Morgan fingerprint density at radius 3 is 2.93 bits per heavy atom. The molecular weight excluding hydrogens is 368 g/mol. The van der Waals surface area contributed by atoms with E-state index in [1.165, 1.54) is 27.7 Å². The molecule has 142 valence electrons. The summed E-state index contributed by atoms with van der Waals surface area (Å²) < 4.78 is 2.22. The average Bonchev–Trinajstić information content (AvgIpc) is 3.31. The smallest absolute Gasteiger partial charge is 0.122 e. The van der Waals surface area contributed by atoms with Crippen LogP contribution in [0.15, 0.2) is 60.9 Å². The predicted octanol–water partition coefficient (Wildman–Crippen LogP) is 5.19. The largest absolute Gasteiger partial charge is 0.357 e. The number of H-pyrrole nitrogens is 1. The van der Waals surface area contributed by atoms with Gasteiger partial charge in [0.2, 0.25) is 0 Å². The molecule has 2 aromatic carbocycles. The molecule has 1 atom stereocenters. The Morgan fingerprint density at radius 1 is 1.18 bits per heavy atom. The molecule has 3 heterocycles. The fraction of sp³-hybridized carbons (Fsp3) is 0.261. The maximum atomic E-state index is 6.36. The lowest BCUT2D eigenvalue weighted by molar-refractivity contribution is 0.194. The van der Waals surface area contributed by atoms with Crippen LogP contribution in [0, 0.1) is 0 Å². The van der Waals surface area contributed by atoms with Gasteiger partial charge in [-0.3, -0.25) is 4.90 Å². The van der Waals surface area contributed by atoms with Crippen molar-refractivity contribution in [1.82, 2.24) is 19.4 Å². The van der Waals surface area contributed by atoms with Crippen LogP contribution in [0.25, 0.3) is 10.9 Å². The zero-order valence-corrected chi connectivity index (χ0v) is 16.7. The van der Waals surface area contributed by atoms with E-state index < -0.39 is 0 Å². The molecule has 0 fully saturated rings. The number of para-hydroxylation sites is 1. The van der Waals surface area contributed by atoms with E-state index in [1.54, 1.807) is 0 Å². The first kappa shape index (κ1) is 17.5. The van der Waals surface area contributed by atoms with Crippen LogP contribution in [0.5, 0.6) is 0 Å². The van der Waals surface area contributed by atoms with Crippen molar-refractivity contribution >= 4 is 22.5 Å². The highest BCUT2D eigenvalue weighted by atomic mass is 35.5. The Hall–Kier alpha value is -2.56. The van der Waals surface area contributed by atoms with Crippen molar-refractivity contribution in [3.63, 3.8) is 0 Å². The number of imidazole rings is 1. The topological polar surface area (TPSA) is 36.9 Å². The molecule has 0 amide bonds. The summed E-state index contributed by atoms with van der Waals surface area (Å²) in [4.78, 5) is 10.8. The SMILES string of the molecule is CCn1ccnc1CN1CCc2c([nH]c3ccccc23)C1c1cccc(Cl)c1. The van der Waals surface area contributed by atoms with Crippen LogP contribution in [0.3, 0.4) is 0 Å². The third-order valence-electron chi connectivity index (χ3n) is 5.79. The lowest BCUT2D eigenvalue weighted by atomic mass is 9.92. The summed E-state index contributed by atoms with van der Waals surface area (Å²) in [6, 6.07) is 17.0. The summed E-state index contributed by atoms with van der Waals surface area (Å²) in [5.41, 5.74) is 5.13. The molecule has 4 aromatic rings. The van der Waals surface area contributed by atoms with E-state index in [1.807, 2.05) is 18.3 Å². The number of benzene rings is 2. The molecule has 1 N–H and O–H groups in total. The second-order valence-corrected chi connectivity index (χ2v) is 7.81. The van der Waals surface area contributed by atoms with E-state index in [-0.39, 0.29) is 6.04 Å². The van der Waals surface area contributed by atoms with Gasteiger partial charge in [0, 0.05) is 47.1 Å². The van der Waals surface area contributed by atoms with E-state index in [0.29, 0.717) is 0 Å². The molecule has 4 nitrogen and oxygen atoms in total. The van der Waals surface area contributed by atoms with E-state index in [9.17, 15) is 0 Å². The number of aromatic nitrogens is 3. The number of nitrogens with one attached hydrogen (secondary N) is 1. The summed E-state index contributed by atoms with van der Waals surface area (Å²) in [5.74, 6) is 1.11. The Kier molecular flexibility index (Phi) is 4.46. The minimum atomic E-state index is 0.136. The number of hydrogen-bond acceptors (Lipinski definition) is 2. The van der Waals surface area contributed by atoms with E-state index in [2.05, 4.69) is 69.0 Å². The van der Waals surface area contributed by atoms with Crippen molar-refractivity contribution in [1.29, 1.82) is 0 Å². The van der Waals surface area contributed by atoms with Gasteiger partial charge in [0.05, 0.1) is 12.6 Å². The van der Waals surface area contributed by atoms with Crippen molar-refractivity contribution in [2.45, 2.75) is 32.5 Å². The molecule has 1 unspecified atom stereocenters. The van der Waals surface area contributed by atoms with E-state index in [4.69, 9.17) is 11.6 Å². The number of fused-ring (bicyclic) bond motifs is 3.